The molecule has 0 aliphatic carbocycles. The SMILES string of the molecule is CC(C)CNCc1ccc(F)c(COCCOC(C)C)c1. The van der Waals surface area contributed by atoms with Crippen LogP contribution < -0.4 is 5.32 Å². The van der Waals surface area contributed by atoms with Gasteiger partial charge in [0.25, 0.3) is 0 Å². The molecule has 0 saturated heterocycles. The van der Waals surface area contributed by atoms with Crippen molar-refractivity contribution in [3.05, 3.63) is 35.1 Å². The molecule has 4 heteroatoms. The molecule has 0 radical (unpaired) electrons. The van der Waals surface area contributed by atoms with Gasteiger partial charge >= 0.3 is 0 Å². The summed E-state index contributed by atoms with van der Waals surface area (Å²) in [6.07, 6.45) is 0.195. The summed E-state index contributed by atoms with van der Waals surface area (Å²) in [5, 5.41) is 3.35. The van der Waals surface area contributed by atoms with E-state index >= 15 is 0 Å². The monoisotopic (exact) mass is 297 g/mol. The van der Waals surface area contributed by atoms with Crippen molar-refractivity contribution in [2.45, 2.75) is 47.0 Å². The molecule has 0 aromatic heterocycles. The Bertz CT molecular complexity index is 408. The fraction of sp³-hybridized carbons (Fsp3) is 0.647. The van der Waals surface area contributed by atoms with Gasteiger partial charge in [-0.15, -0.1) is 0 Å². The first-order valence-electron chi connectivity index (χ1n) is 7.66. The molecule has 1 aromatic rings. The van der Waals surface area contributed by atoms with Gasteiger partial charge in [0.15, 0.2) is 0 Å². The zero-order valence-electron chi connectivity index (χ0n) is 13.6. The lowest BCUT2D eigenvalue weighted by Gasteiger charge is -2.11. The molecule has 1 rings (SSSR count). The maximum atomic E-state index is 13.7. The molecule has 1 N–H and O–H groups in total. The Morgan fingerprint density at radius 3 is 2.57 bits per heavy atom. The third-order valence-corrected chi connectivity index (χ3v) is 2.93. The molecule has 120 valence electrons. The van der Waals surface area contributed by atoms with E-state index in [9.17, 15) is 4.39 Å². The highest BCUT2D eigenvalue weighted by Gasteiger charge is 2.05. The van der Waals surface area contributed by atoms with Gasteiger partial charge < -0.3 is 14.8 Å². The predicted octanol–water partition coefficient (Wildman–Crippen LogP) is 3.51. The van der Waals surface area contributed by atoms with Crippen LogP contribution in [-0.4, -0.2) is 25.9 Å². The number of hydrogen-bond donors (Lipinski definition) is 1. The number of halogens is 1. The second-order valence-corrected chi connectivity index (χ2v) is 5.92. The van der Waals surface area contributed by atoms with Crippen molar-refractivity contribution in [2.75, 3.05) is 19.8 Å². The minimum absolute atomic E-state index is 0.195. The summed E-state index contributed by atoms with van der Waals surface area (Å²) >= 11 is 0. The quantitative estimate of drug-likeness (QED) is 0.670. The van der Waals surface area contributed by atoms with E-state index in [1.165, 1.54) is 6.07 Å². The first-order chi connectivity index (χ1) is 9.99. The van der Waals surface area contributed by atoms with Crippen LogP contribution in [0.15, 0.2) is 18.2 Å². The molecule has 0 heterocycles. The van der Waals surface area contributed by atoms with Crippen molar-refractivity contribution in [1.29, 1.82) is 0 Å². The Balaban J connectivity index is 2.38. The van der Waals surface area contributed by atoms with E-state index < -0.39 is 0 Å². The number of benzene rings is 1. The summed E-state index contributed by atoms with van der Waals surface area (Å²) in [7, 11) is 0. The highest BCUT2D eigenvalue weighted by molar-refractivity contribution is 5.24. The van der Waals surface area contributed by atoms with Crippen LogP contribution in [0.3, 0.4) is 0 Å². The van der Waals surface area contributed by atoms with Crippen LogP contribution in [0.25, 0.3) is 0 Å². The normalized spacial score (nSPS) is 11.6. The van der Waals surface area contributed by atoms with Gasteiger partial charge in [-0.2, -0.15) is 0 Å². The molecule has 0 saturated carbocycles. The van der Waals surface area contributed by atoms with Gasteiger partial charge in [-0.05, 0) is 44.0 Å². The molecule has 21 heavy (non-hydrogen) atoms. The van der Waals surface area contributed by atoms with Crippen LogP contribution in [0.4, 0.5) is 4.39 Å². The number of hydrogen-bond acceptors (Lipinski definition) is 3. The average Bonchev–Trinajstić information content (AvgIpc) is 2.40. The van der Waals surface area contributed by atoms with Gasteiger partial charge in [-0.25, -0.2) is 4.39 Å². The molecule has 0 bridgehead atoms. The van der Waals surface area contributed by atoms with E-state index in [1.807, 2.05) is 26.0 Å². The van der Waals surface area contributed by atoms with Crippen LogP contribution in [0.5, 0.6) is 0 Å². The van der Waals surface area contributed by atoms with E-state index in [0.29, 0.717) is 24.7 Å². The molecular formula is C17H28FNO2. The maximum Gasteiger partial charge on any atom is 0.128 e. The van der Waals surface area contributed by atoms with Gasteiger partial charge in [0, 0.05) is 12.1 Å². The Labute approximate surface area is 127 Å². The van der Waals surface area contributed by atoms with Gasteiger partial charge in [0.05, 0.1) is 25.9 Å². The molecule has 0 fully saturated rings. The van der Waals surface area contributed by atoms with Gasteiger partial charge in [-0.3, -0.25) is 0 Å². The zero-order valence-corrected chi connectivity index (χ0v) is 13.6. The first kappa shape index (κ1) is 18.1. The third kappa shape index (κ3) is 8.15. The minimum atomic E-state index is -0.215. The average molecular weight is 297 g/mol. The second kappa shape index (κ2) is 9.87. The standard InChI is InChI=1S/C17H28FNO2/c1-13(2)10-19-11-15-5-6-17(18)16(9-15)12-20-7-8-21-14(3)4/h5-6,9,13-14,19H,7-8,10-12H2,1-4H3. The number of nitrogens with one attached hydrogen (secondary N) is 1. The highest BCUT2D eigenvalue weighted by Crippen LogP contribution is 2.12. The summed E-state index contributed by atoms with van der Waals surface area (Å²) in [4.78, 5) is 0. The third-order valence-electron chi connectivity index (χ3n) is 2.93. The Kier molecular flexibility index (Phi) is 8.50. The van der Waals surface area contributed by atoms with Crippen LogP contribution in [0.2, 0.25) is 0 Å². The van der Waals surface area contributed by atoms with Gasteiger partial charge in [-0.1, -0.05) is 19.9 Å². The molecule has 0 amide bonds. The minimum Gasteiger partial charge on any atom is -0.376 e. The van der Waals surface area contributed by atoms with E-state index in [-0.39, 0.29) is 18.5 Å². The van der Waals surface area contributed by atoms with Crippen molar-refractivity contribution in [3.8, 4) is 0 Å². The Morgan fingerprint density at radius 1 is 1.14 bits per heavy atom. The zero-order chi connectivity index (χ0) is 15.7. The van der Waals surface area contributed by atoms with E-state index in [4.69, 9.17) is 9.47 Å². The molecule has 0 spiro atoms. The fourth-order valence-corrected chi connectivity index (χ4v) is 1.88. The van der Waals surface area contributed by atoms with Crippen LogP contribution in [0, 0.1) is 11.7 Å². The summed E-state index contributed by atoms with van der Waals surface area (Å²) in [5.41, 5.74) is 1.68. The summed E-state index contributed by atoms with van der Waals surface area (Å²) in [6.45, 7) is 11.3. The van der Waals surface area contributed by atoms with Crippen molar-refractivity contribution in [2.24, 2.45) is 5.92 Å². The summed E-state index contributed by atoms with van der Waals surface area (Å²) in [6, 6.07) is 5.19. The van der Waals surface area contributed by atoms with Gasteiger partial charge in [0.2, 0.25) is 0 Å². The smallest absolute Gasteiger partial charge is 0.128 e. The largest absolute Gasteiger partial charge is 0.376 e. The molecule has 0 aliphatic heterocycles. The molecule has 0 atom stereocenters. The van der Waals surface area contributed by atoms with Crippen LogP contribution in [-0.2, 0) is 22.6 Å². The number of rotatable bonds is 10. The Hall–Kier alpha value is -0.970. The summed E-state index contributed by atoms with van der Waals surface area (Å²) in [5.74, 6) is 0.390. The van der Waals surface area contributed by atoms with E-state index in [0.717, 1.165) is 18.7 Å². The fourth-order valence-electron chi connectivity index (χ4n) is 1.88. The molecule has 0 unspecified atom stereocenters. The van der Waals surface area contributed by atoms with Crippen molar-refractivity contribution < 1.29 is 13.9 Å². The van der Waals surface area contributed by atoms with Crippen LogP contribution in [0.1, 0.15) is 38.8 Å². The molecule has 1 aromatic carbocycles. The Morgan fingerprint density at radius 2 is 1.90 bits per heavy atom. The highest BCUT2D eigenvalue weighted by atomic mass is 19.1. The van der Waals surface area contributed by atoms with Crippen molar-refractivity contribution in [1.82, 2.24) is 5.32 Å². The maximum absolute atomic E-state index is 13.7. The van der Waals surface area contributed by atoms with Crippen molar-refractivity contribution >= 4 is 0 Å². The summed E-state index contributed by atoms with van der Waals surface area (Å²) < 4.78 is 24.6. The lowest BCUT2D eigenvalue weighted by molar-refractivity contribution is 0.0136. The first-order valence-corrected chi connectivity index (χ1v) is 7.66. The predicted molar refractivity (Wildman–Crippen MR) is 83.7 cm³/mol. The second-order valence-electron chi connectivity index (χ2n) is 5.92. The molecule has 0 aliphatic rings. The van der Waals surface area contributed by atoms with E-state index in [1.54, 1.807) is 0 Å². The van der Waals surface area contributed by atoms with Gasteiger partial charge in [0.1, 0.15) is 5.82 Å². The lowest BCUT2D eigenvalue weighted by Crippen LogP contribution is -2.19. The topological polar surface area (TPSA) is 30.5 Å². The lowest BCUT2D eigenvalue weighted by atomic mass is 10.1. The number of ether oxygens (including phenoxy) is 2. The van der Waals surface area contributed by atoms with E-state index in [2.05, 4.69) is 19.2 Å². The molecular weight excluding hydrogens is 269 g/mol. The molecule has 3 nitrogen and oxygen atoms in total. The van der Waals surface area contributed by atoms with Crippen LogP contribution >= 0.6 is 0 Å². The van der Waals surface area contributed by atoms with Crippen molar-refractivity contribution in [3.63, 3.8) is 0 Å².